The summed E-state index contributed by atoms with van der Waals surface area (Å²) in [6, 6.07) is 11.3. The molecule has 0 unspecified atom stereocenters. The molecule has 0 bridgehead atoms. The van der Waals surface area contributed by atoms with Crippen molar-refractivity contribution in [1.82, 2.24) is 25.1 Å². The molecule has 2 atom stereocenters. The third kappa shape index (κ3) is 4.19. The number of amides is 1. The van der Waals surface area contributed by atoms with Crippen LogP contribution in [0.15, 0.2) is 48.8 Å². The summed E-state index contributed by atoms with van der Waals surface area (Å²) in [7, 11) is 0. The number of nitrogens with zero attached hydrogens (tertiary/aromatic N) is 4. The van der Waals surface area contributed by atoms with Gasteiger partial charge in [0.05, 0.1) is 23.9 Å². The minimum absolute atomic E-state index is 0.0479. The lowest BCUT2D eigenvalue weighted by molar-refractivity contribution is 0.0962. The number of rotatable bonds is 6. The lowest BCUT2D eigenvalue weighted by atomic mass is 10.1. The fourth-order valence-electron chi connectivity index (χ4n) is 4.55. The Kier molecular flexibility index (Phi) is 4.97. The van der Waals surface area contributed by atoms with Gasteiger partial charge in [0.1, 0.15) is 11.4 Å². The molecule has 1 amide bonds. The third-order valence-corrected chi connectivity index (χ3v) is 6.32. The highest BCUT2D eigenvalue weighted by molar-refractivity contribution is 5.98. The van der Waals surface area contributed by atoms with E-state index in [2.05, 4.69) is 39.5 Å². The van der Waals surface area contributed by atoms with Gasteiger partial charge in [-0.3, -0.25) is 9.48 Å². The number of aliphatic hydroxyl groups is 1. The molecule has 0 fully saturated rings. The van der Waals surface area contributed by atoms with Gasteiger partial charge in [-0.1, -0.05) is 24.3 Å². The van der Waals surface area contributed by atoms with Gasteiger partial charge in [-0.25, -0.2) is 4.98 Å². The summed E-state index contributed by atoms with van der Waals surface area (Å²) < 4.78 is 24.2. The number of aromatic nitrogens is 4. The molecule has 0 saturated carbocycles. The Balaban J connectivity index is 1.52. The van der Waals surface area contributed by atoms with Gasteiger partial charge in [0.2, 0.25) is 5.95 Å². The van der Waals surface area contributed by atoms with Crippen molar-refractivity contribution in [3.8, 4) is 0 Å². The zero-order valence-corrected chi connectivity index (χ0v) is 19.7. The molecule has 2 heterocycles. The molecule has 9 heteroatoms. The Morgan fingerprint density at radius 2 is 2.09 bits per heavy atom. The normalized spacial score (nSPS) is 18.6. The number of anilines is 3. The van der Waals surface area contributed by atoms with Gasteiger partial charge in [-0.15, -0.1) is 0 Å². The highest BCUT2D eigenvalue weighted by Gasteiger charge is 2.32. The molecule has 4 aromatic rings. The Morgan fingerprint density at radius 3 is 2.89 bits per heavy atom. The van der Waals surface area contributed by atoms with E-state index in [0.29, 0.717) is 6.42 Å². The SMILES string of the molecule is [2H]C([2H])([2H])NC(=O)c1cnc(Nc2cc3c(cnn3C(C)C)cc2C)nc1N[C@H]1c2ccccc2C[C@H]1O. The van der Waals surface area contributed by atoms with E-state index < -0.39 is 25.0 Å². The van der Waals surface area contributed by atoms with Crippen LogP contribution in [0.3, 0.4) is 0 Å². The fourth-order valence-corrected chi connectivity index (χ4v) is 4.55. The number of carbonyl (C=O) groups is 1. The van der Waals surface area contributed by atoms with Crippen LogP contribution in [0.2, 0.25) is 0 Å². The minimum atomic E-state index is -2.68. The molecule has 35 heavy (non-hydrogen) atoms. The minimum Gasteiger partial charge on any atom is -0.390 e. The largest absolute Gasteiger partial charge is 0.390 e. The van der Waals surface area contributed by atoms with Crippen molar-refractivity contribution >= 4 is 34.3 Å². The van der Waals surface area contributed by atoms with E-state index in [1.54, 1.807) is 0 Å². The molecular weight excluding hydrogens is 442 g/mol. The Labute approximate surface area is 207 Å². The summed E-state index contributed by atoms with van der Waals surface area (Å²) in [5.74, 6) is -0.536. The highest BCUT2D eigenvalue weighted by atomic mass is 16.3. The van der Waals surface area contributed by atoms with Gasteiger partial charge in [-0.05, 0) is 49.6 Å². The molecule has 9 nitrogen and oxygen atoms in total. The number of aryl methyl sites for hydroxylation is 1. The predicted octanol–water partition coefficient (Wildman–Crippen LogP) is 3.89. The van der Waals surface area contributed by atoms with Crippen molar-refractivity contribution in [3.05, 3.63) is 71.0 Å². The Hall–Kier alpha value is -3.98. The molecule has 0 spiro atoms. The number of carbonyl (C=O) groups excluding carboxylic acids is 1. The maximum absolute atomic E-state index is 12.8. The molecule has 180 valence electrons. The average molecular weight is 475 g/mol. The molecular formula is C26H29N7O2. The van der Waals surface area contributed by atoms with Gasteiger partial charge in [0.15, 0.2) is 0 Å². The summed E-state index contributed by atoms with van der Waals surface area (Å²) in [5.41, 5.74) is 4.49. The molecule has 0 aliphatic heterocycles. The predicted molar refractivity (Wildman–Crippen MR) is 136 cm³/mol. The smallest absolute Gasteiger partial charge is 0.256 e. The Morgan fingerprint density at radius 1 is 1.26 bits per heavy atom. The van der Waals surface area contributed by atoms with Crippen molar-refractivity contribution in [1.29, 1.82) is 0 Å². The lowest BCUT2D eigenvalue weighted by Gasteiger charge is -2.21. The quantitative estimate of drug-likeness (QED) is 0.335. The molecule has 0 saturated heterocycles. The van der Waals surface area contributed by atoms with Crippen LogP contribution in [0.5, 0.6) is 0 Å². The summed E-state index contributed by atoms with van der Waals surface area (Å²) in [5, 5.41) is 24.6. The molecule has 0 radical (unpaired) electrons. The maximum Gasteiger partial charge on any atom is 0.256 e. The van der Waals surface area contributed by atoms with Crippen LogP contribution in [0.1, 0.15) is 57.1 Å². The highest BCUT2D eigenvalue weighted by Crippen LogP contribution is 2.35. The van der Waals surface area contributed by atoms with Crippen molar-refractivity contribution < 1.29 is 14.0 Å². The first-order valence-corrected chi connectivity index (χ1v) is 11.5. The van der Waals surface area contributed by atoms with E-state index >= 15 is 0 Å². The van der Waals surface area contributed by atoms with Crippen molar-refractivity contribution in [2.24, 2.45) is 0 Å². The van der Waals surface area contributed by atoms with Crippen LogP contribution in [-0.2, 0) is 6.42 Å². The molecule has 2 aromatic heterocycles. The van der Waals surface area contributed by atoms with Crippen LogP contribution in [-0.4, -0.2) is 43.8 Å². The number of hydrogen-bond acceptors (Lipinski definition) is 7. The van der Waals surface area contributed by atoms with Gasteiger partial charge in [0.25, 0.3) is 5.91 Å². The van der Waals surface area contributed by atoms with E-state index in [9.17, 15) is 9.90 Å². The molecule has 4 N–H and O–H groups in total. The van der Waals surface area contributed by atoms with E-state index in [1.807, 2.05) is 59.5 Å². The summed E-state index contributed by atoms with van der Waals surface area (Å²) in [6.45, 7) is 3.38. The third-order valence-electron chi connectivity index (χ3n) is 6.32. The first-order valence-electron chi connectivity index (χ1n) is 13.0. The number of fused-ring (bicyclic) bond motifs is 2. The fraction of sp³-hybridized carbons (Fsp3) is 0.308. The van der Waals surface area contributed by atoms with E-state index in [0.717, 1.165) is 33.3 Å². The number of benzene rings is 2. The molecule has 2 aromatic carbocycles. The van der Waals surface area contributed by atoms with Crippen LogP contribution in [0.4, 0.5) is 17.5 Å². The summed E-state index contributed by atoms with van der Waals surface area (Å²) in [4.78, 5) is 21.7. The summed E-state index contributed by atoms with van der Waals surface area (Å²) >= 11 is 0. The number of nitrogens with one attached hydrogen (secondary N) is 3. The lowest BCUT2D eigenvalue weighted by Crippen LogP contribution is -2.26. The zero-order chi connectivity index (χ0) is 27.2. The second kappa shape index (κ2) is 8.99. The monoisotopic (exact) mass is 474 g/mol. The van der Waals surface area contributed by atoms with Gasteiger partial charge >= 0.3 is 0 Å². The van der Waals surface area contributed by atoms with Crippen LogP contribution in [0.25, 0.3) is 10.9 Å². The van der Waals surface area contributed by atoms with Gasteiger partial charge in [-0.2, -0.15) is 10.1 Å². The number of hydrogen-bond donors (Lipinski definition) is 4. The second-order valence-corrected chi connectivity index (χ2v) is 9.04. The van der Waals surface area contributed by atoms with Crippen molar-refractivity contribution in [2.45, 2.75) is 45.4 Å². The average Bonchev–Trinajstić information content (AvgIpc) is 3.38. The Bertz CT molecular complexity index is 1520. The molecule has 1 aliphatic carbocycles. The standard InChI is InChI=1S/C26H29N7O2/c1-14(2)33-21-11-20(15(3)9-17(21)12-29-33)30-26-28-13-19(25(35)27-4)24(32-26)31-23-18-8-6-5-7-16(18)10-22(23)34/h5-9,11-14,22-23,34H,10H2,1-4H3,(H,27,35)(H2,28,30,31,32)/t22-,23+/m1/s1/i4D3. The van der Waals surface area contributed by atoms with E-state index in [-0.39, 0.29) is 23.4 Å². The summed E-state index contributed by atoms with van der Waals surface area (Å²) in [6.07, 6.45) is 2.80. The maximum atomic E-state index is 12.8. The molecule has 1 aliphatic rings. The first kappa shape index (κ1) is 19.3. The van der Waals surface area contributed by atoms with Crippen molar-refractivity contribution in [2.75, 3.05) is 17.6 Å². The molecule has 5 rings (SSSR count). The zero-order valence-electron chi connectivity index (χ0n) is 22.7. The van der Waals surface area contributed by atoms with Crippen LogP contribution >= 0.6 is 0 Å². The second-order valence-electron chi connectivity index (χ2n) is 9.04. The first-order chi connectivity index (χ1) is 18.0. The van der Waals surface area contributed by atoms with Crippen LogP contribution < -0.4 is 16.0 Å². The van der Waals surface area contributed by atoms with E-state index in [1.165, 1.54) is 6.20 Å². The van der Waals surface area contributed by atoms with E-state index in [4.69, 9.17) is 4.11 Å². The number of aliphatic hydroxyl groups excluding tert-OH is 1. The van der Waals surface area contributed by atoms with Crippen LogP contribution in [0, 0.1) is 6.92 Å². The van der Waals surface area contributed by atoms with Gasteiger partial charge < -0.3 is 21.1 Å². The van der Waals surface area contributed by atoms with Gasteiger partial charge in [0, 0.05) is 40.8 Å². The topological polar surface area (TPSA) is 117 Å². The van der Waals surface area contributed by atoms with Crippen molar-refractivity contribution in [3.63, 3.8) is 0 Å².